The smallest absolute Gasteiger partial charge is 0.315 e. The van der Waals surface area contributed by atoms with Crippen LogP contribution < -0.4 is 16.0 Å². The summed E-state index contributed by atoms with van der Waals surface area (Å²) in [5, 5.41) is 20.3. The molecule has 8 nitrogen and oxygen atoms in total. The second kappa shape index (κ2) is 11.4. The minimum atomic E-state index is -1.10. The molecule has 4 N–H and O–H groups in total. The van der Waals surface area contributed by atoms with Crippen LogP contribution in [0.15, 0.2) is 24.3 Å². The lowest BCUT2D eigenvalue weighted by molar-refractivity contribution is -0.156. The largest absolute Gasteiger partial charge is 0.384 e. The lowest BCUT2D eigenvalue weighted by Crippen LogP contribution is -2.60. The van der Waals surface area contributed by atoms with Gasteiger partial charge in [0.15, 0.2) is 0 Å². The predicted octanol–water partition coefficient (Wildman–Crippen LogP) is 3.02. The summed E-state index contributed by atoms with van der Waals surface area (Å²) in [5.41, 5.74) is -0.946. The second-order valence-electron chi connectivity index (χ2n) is 10.4. The quantitative estimate of drug-likeness (QED) is 0.445. The van der Waals surface area contributed by atoms with Crippen LogP contribution in [-0.4, -0.2) is 59.6 Å². The van der Waals surface area contributed by atoms with E-state index in [4.69, 9.17) is 11.6 Å². The topological polar surface area (TPSA) is 111 Å². The second-order valence-corrected chi connectivity index (χ2v) is 10.8. The van der Waals surface area contributed by atoms with Crippen LogP contribution >= 0.6 is 11.6 Å². The van der Waals surface area contributed by atoms with E-state index in [0.717, 1.165) is 5.56 Å². The van der Waals surface area contributed by atoms with E-state index in [1.807, 2.05) is 53.7 Å². The number of nitrogens with one attached hydrogen (secondary N) is 3. The Hall–Kier alpha value is -2.32. The Kier molecular flexibility index (Phi) is 9.37. The molecule has 34 heavy (non-hydrogen) atoms. The molecular formula is C25H39ClN4O4. The minimum absolute atomic E-state index is 0.00270. The third kappa shape index (κ3) is 6.85. The molecule has 2 unspecified atom stereocenters. The van der Waals surface area contributed by atoms with E-state index in [1.165, 1.54) is 0 Å². The lowest BCUT2D eigenvalue weighted by atomic mass is 9.66. The number of carbonyl (C=O) groups is 3. The summed E-state index contributed by atoms with van der Waals surface area (Å²) in [6.45, 7) is 12.3. The number of hydrogen-bond donors (Lipinski definition) is 4. The van der Waals surface area contributed by atoms with Crippen LogP contribution in [0.5, 0.6) is 0 Å². The number of urea groups is 1. The van der Waals surface area contributed by atoms with Crippen LogP contribution in [0.25, 0.3) is 0 Å². The molecule has 1 heterocycles. The fourth-order valence-corrected chi connectivity index (χ4v) is 4.46. The molecule has 4 amide bonds. The number of amides is 4. The van der Waals surface area contributed by atoms with E-state index >= 15 is 0 Å². The van der Waals surface area contributed by atoms with Gasteiger partial charge in [-0.15, -0.1) is 0 Å². The van der Waals surface area contributed by atoms with Crippen LogP contribution in [0, 0.1) is 11.3 Å². The van der Waals surface area contributed by atoms with Crippen LogP contribution in [0.4, 0.5) is 4.79 Å². The Morgan fingerprint density at radius 1 is 1.09 bits per heavy atom. The third-order valence-corrected chi connectivity index (χ3v) is 6.64. The number of hydrogen-bond acceptors (Lipinski definition) is 4. The average Bonchev–Trinajstić information content (AvgIpc) is 2.73. The maximum Gasteiger partial charge on any atom is 0.315 e. The lowest BCUT2D eigenvalue weighted by Gasteiger charge is -2.51. The fourth-order valence-electron chi connectivity index (χ4n) is 4.33. The molecule has 1 fully saturated rings. The van der Waals surface area contributed by atoms with E-state index in [1.54, 1.807) is 17.0 Å². The van der Waals surface area contributed by atoms with Gasteiger partial charge in [-0.25, -0.2) is 4.79 Å². The highest BCUT2D eigenvalue weighted by atomic mass is 35.5. The van der Waals surface area contributed by atoms with E-state index in [2.05, 4.69) is 16.0 Å². The van der Waals surface area contributed by atoms with Gasteiger partial charge in [-0.1, -0.05) is 51.4 Å². The highest BCUT2D eigenvalue weighted by Crippen LogP contribution is 2.46. The summed E-state index contributed by atoms with van der Waals surface area (Å²) >= 11 is 6.01. The van der Waals surface area contributed by atoms with E-state index in [-0.39, 0.29) is 42.8 Å². The molecule has 2 rings (SSSR count). The van der Waals surface area contributed by atoms with Gasteiger partial charge >= 0.3 is 6.03 Å². The van der Waals surface area contributed by atoms with Gasteiger partial charge in [-0.05, 0) is 43.9 Å². The van der Waals surface area contributed by atoms with Crippen molar-refractivity contribution in [3.05, 3.63) is 34.9 Å². The van der Waals surface area contributed by atoms with Crippen LogP contribution in [-0.2, 0) is 15.2 Å². The molecule has 1 aromatic carbocycles. The van der Waals surface area contributed by atoms with E-state index in [0.29, 0.717) is 24.5 Å². The van der Waals surface area contributed by atoms with Crippen molar-refractivity contribution in [1.82, 2.24) is 20.9 Å². The normalized spacial score (nSPS) is 20.7. The highest BCUT2D eigenvalue weighted by Gasteiger charge is 2.50. The maximum absolute atomic E-state index is 13.4. The molecule has 0 bridgehead atoms. The Labute approximate surface area is 207 Å². The van der Waals surface area contributed by atoms with E-state index in [9.17, 15) is 19.5 Å². The van der Waals surface area contributed by atoms with Gasteiger partial charge in [0.1, 0.15) is 6.04 Å². The zero-order valence-corrected chi connectivity index (χ0v) is 21.8. The maximum atomic E-state index is 13.4. The zero-order chi connectivity index (χ0) is 25.7. The molecule has 0 spiro atoms. The molecule has 0 aliphatic carbocycles. The highest BCUT2D eigenvalue weighted by molar-refractivity contribution is 6.30. The SMILES string of the molecule is CC(C)NC(=O)NCCC(=O)NC(C(=O)N1CCC(O)(c2ccc(Cl)cc2)C(C)(C)C1)C(C)C. The number of aliphatic hydroxyl groups is 1. The van der Waals surface area contributed by atoms with Crippen molar-refractivity contribution in [1.29, 1.82) is 0 Å². The van der Waals surface area contributed by atoms with Gasteiger partial charge in [-0.2, -0.15) is 0 Å². The standard InChI is InChI=1S/C25H39ClN4O4/c1-16(2)21(29-20(31)11-13-27-23(33)28-17(3)4)22(32)30-14-12-25(34,24(5,6)15-30)18-7-9-19(26)10-8-18/h7-10,16-17,21,34H,11-15H2,1-6H3,(H,29,31)(H2,27,28,33). The van der Waals surface area contributed by atoms with Crippen LogP contribution in [0.1, 0.15) is 59.9 Å². The summed E-state index contributed by atoms with van der Waals surface area (Å²) in [6, 6.07) is 6.16. The Morgan fingerprint density at radius 2 is 1.71 bits per heavy atom. The third-order valence-electron chi connectivity index (χ3n) is 6.39. The monoisotopic (exact) mass is 494 g/mol. The number of piperidine rings is 1. The molecule has 1 saturated heterocycles. The average molecular weight is 495 g/mol. The van der Waals surface area contributed by atoms with Gasteiger partial charge in [0.05, 0.1) is 5.60 Å². The Balaban J connectivity index is 2.01. The van der Waals surface area contributed by atoms with Crippen LogP contribution in [0.2, 0.25) is 5.02 Å². The number of likely N-dealkylation sites (tertiary alicyclic amines) is 1. The van der Waals surface area contributed by atoms with Crippen LogP contribution in [0.3, 0.4) is 0 Å². The number of carbonyl (C=O) groups excluding carboxylic acids is 3. The van der Waals surface area contributed by atoms with Gasteiger partial charge in [0.25, 0.3) is 0 Å². The molecule has 9 heteroatoms. The number of nitrogens with zero attached hydrogens (tertiary/aromatic N) is 1. The molecule has 0 radical (unpaired) electrons. The van der Waals surface area contributed by atoms with Crippen molar-refractivity contribution in [2.75, 3.05) is 19.6 Å². The molecule has 0 aromatic heterocycles. The molecule has 1 aliphatic heterocycles. The first-order chi connectivity index (χ1) is 15.8. The van der Waals surface area contributed by atoms with Crippen molar-refractivity contribution in [3.8, 4) is 0 Å². The Bertz CT molecular complexity index is 872. The first-order valence-electron chi connectivity index (χ1n) is 11.9. The van der Waals surface area contributed by atoms with E-state index < -0.39 is 17.1 Å². The van der Waals surface area contributed by atoms with Gasteiger partial charge in [-0.3, -0.25) is 9.59 Å². The predicted molar refractivity (Wildman–Crippen MR) is 133 cm³/mol. The van der Waals surface area contributed by atoms with Crippen molar-refractivity contribution >= 4 is 29.4 Å². The fraction of sp³-hybridized carbons (Fsp3) is 0.640. The zero-order valence-electron chi connectivity index (χ0n) is 21.1. The molecule has 2 atom stereocenters. The van der Waals surface area contributed by atoms with Gasteiger partial charge in [0, 0.05) is 42.5 Å². The van der Waals surface area contributed by atoms with Gasteiger partial charge in [0.2, 0.25) is 11.8 Å². The molecule has 190 valence electrons. The summed E-state index contributed by atoms with van der Waals surface area (Å²) in [5.74, 6) is -0.584. The molecule has 1 aromatic rings. The summed E-state index contributed by atoms with van der Waals surface area (Å²) in [7, 11) is 0. The minimum Gasteiger partial charge on any atom is -0.384 e. The summed E-state index contributed by atoms with van der Waals surface area (Å²) < 4.78 is 0. The Morgan fingerprint density at radius 3 is 2.24 bits per heavy atom. The first-order valence-corrected chi connectivity index (χ1v) is 12.3. The number of benzene rings is 1. The summed E-state index contributed by atoms with van der Waals surface area (Å²) in [6.07, 6.45) is 0.449. The number of halogens is 1. The van der Waals surface area contributed by atoms with Gasteiger partial charge < -0.3 is 26.0 Å². The van der Waals surface area contributed by atoms with Crippen molar-refractivity contribution in [2.24, 2.45) is 11.3 Å². The molecule has 1 aliphatic rings. The summed E-state index contributed by atoms with van der Waals surface area (Å²) in [4.78, 5) is 39.3. The van der Waals surface area contributed by atoms with Crippen molar-refractivity contribution in [3.63, 3.8) is 0 Å². The first kappa shape index (κ1) is 27.9. The molecular weight excluding hydrogens is 456 g/mol. The van der Waals surface area contributed by atoms with Crippen molar-refractivity contribution < 1.29 is 19.5 Å². The van der Waals surface area contributed by atoms with Crippen molar-refractivity contribution in [2.45, 2.75) is 72.1 Å². The molecule has 0 saturated carbocycles. The number of rotatable bonds is 8.